The van der Waals surface area contributed by atoms with Gasteiger partial charge in [-0.1, -0.05) is 18.2 Å². The van der Waals surface area contributed by atoms with Gasteiger partial charge in [0.1, 0.15) is 0 Å². The molecule has 0 saturated carbocycles. The van der Waals surface area contributed by atoms with E-state index >= 15 is 0 Å². The van der Waals surface area contributed by atoms with Gasteiger partial charge in [-0.05, 0) is 26.3 Å². The Bertz CT molecular complexity index is 770. The Morgan fingerprint density at radius 3 is 2.85 bits per heavy atom. The van der Waals surface area contributed by atoms with Crippen molar-refractivity contribution >= 4 is 27.2 Å². The zero-order valence-electron chi connectivity index (χ0n) is 11.6. The Balaban J connectivity index is 1.86. The van der Waals surface area contributed by atoms with E-state index in [1.54, 1.807) is 17.7 Å². The summed E-state index contributed by atoms with van der Waals surface area (Å²) in [6, 6.07) is 8.11. The first-order valence-electron chi connectivity index (χ1n) is 6.67. The van der Waals surface area contributed by atoms with Crippen LogP contribution in [-0.2, 0) is 6.42 Å². The maximum Gasteiger partial charge on any atom is 0.164 e. The number of imidazole rings is 1. The van der Waals surface area contributed by atoms with Crippen LogP contribution in [0.1, 0.15) is 33.0 Å². The molecular formula is C16H16N2OS. The number of hydrogen-bond donors (Lipinski definition) is 1. The van der Waals surface area contributed by atoms with E-state index in [1.807, 2.05) is 32.0 Å². The van der Waals surface area contributed by atoms with Crippen molar-refractivity contribution in [1.82, 2.24) is 9.97 Å². The molecule has 3 rings (SSSR count). The van der Waals surface area contributed by atoms with Crippen molar-refractivity contribution in [3.63, 3.8) is 0 Å². The maximum atomic E-state index is 12.5. The monoisotopic (exact) mass is 284 g/mol. The Hall–Kier alpha value is -1.94. The van der Waals surface area contributed by atoms with Crippen LogP contribution in [0.4, 0.5) is 0 Å². The normalized spacial score (nSPS) is 11.1. The van der Waals surface area contributed by atoms with Gasteiger partial charge in [0, 0.05) is 32.6 Å². The standard InChI is InChI=1S/C16H16N2OS/c1-10-13(18-9-17-10)7-8-14(19)16-11(2)20-15-6-4-3-5-12(15)16/h3-6,9H,7-8H2,1-2H3,(H,17,18). The van der Waals surface area contributed by atoms with E-state index in [9.17, 15) is 4.79 Å². The number of aromatic amines is 1. The number of nitrogens with one attached hydrogen (secondary N) is 1. The fraction of sp³-hybridized carbons (Fsp3) is 0.250. The van der Waals surface area contributed by atoms with Crippen LogP contribution < -0.4 is 0 Å². The van der Waals surface area contributed by atoms with Gasteiger partial charge in [-0.15, -0.1) is 11.3 Å². The summed E-state index contributed by atoms with van der Waals surface area (Å²) < 4.78 is 1.18. The summed E-state index contributed by atoms with van der Waals surface area (Å²) in [6.45, 7) is 4.01. The molecule has 4 heteroatoms. The number of hydrogen-bond acceptors (Lipinski definition) is 3. The van der Waals surface area contributed by atoms with Crippen LogP contribution in [0, 0.1) is 13.8 Å². The molecule has 0 aliphatic heterocycles. The van der Waals surface area contributed by atoms with Gasteiger partial charge < -0.3 is 4.98 Å². The highest BCUT2D eigenvalue weighted by molar-refractivity contribution is 7.19. The molecule has 2 aromatic heterocycles. The molecule has 3 nitrogen and oxygen atoms in total. The van der Waals surface area contributed by atoms with Crippen LogP contribution in [0.2, 0.25) is 0 Å². The summed E-state index contributed by atoms with van der Waals surface area (Å²) in [5, 5.41) is 1.08. The van der Waals surface area contributed by atoms with Gasteiger partial charge in [-0.3, -0.25) is 4.79 Å². The molecule has 20 heavy (non-hydrogen) atoms. The van der Waals surface area contributed by atoms with Gasteiger partial charge in [0.25, 0.3) is 0 Å². The maximum absolute atomic E-state index is 12.5. The third-order valence-corrected chi connectivity index (χ3v) is 4.66. The van der Waals surface area contributed by atoms with Crippen molar-refractivity contribution in [2.24, 2.45) is 0 Å². The number of carbonyl (C=O) groups is 1. The summed E-state index contributed by atoms with van der Waals surface area (Å²) in [5.74, 6) is 0.211. The number of Topliss-reactive ketones (excluding diaryl/α,β-unsaturated/α-hetero) is 1. The summed E-state index contributed by atoms with van der Waals surface area (Å²) in [5.41, 5.74) is 2.92. The van der Waals surface area contributed by atoms with Gasteiger partial charge in [-0.25, -0.2) is 4.98 Å². The number of ketones is 1. The Kier molecular flexibility index (Phi) is 3.40. The largest absolute Gasteiger partial charge is 0.348 e. The molecule has 102 valence electrons. The lowest BCUT2D eigenvalue weighted by molar-refractivity contribution is 0.0984. The topological polar surface area (TPSA) is 45.8 Å². The van der Waals surface area contributed by atoms with Crippen molar-refractivity contribution in [2.45, 2.75) is 26.7 Å². The molecule has 0 spiro atoms. The zero-order valence-corrected chi connectivity index (χ0v) is 12.4. The number of benzene rings is 1. The van der Waals surface area contributed by atoms with E-state index in [0.717, 1.165) is 27.2 Å². The molecule has 0 atom stereocenters. The Morgan fingerprint density at radius 2 is 2.10 bits per heavy atom. The van der Waals surface area contributed by atoms with Gasteiger partial charge in [0.15, 0.2) is 5.78 Å². The second kappa shape index (κ2) is 5.21. The molecule has 0 aliphatic rings. The average Bonchev–Trinajstić information content (AvgIpc) is 2.98. The SMILES string of the molecule is Cc1[nH]cnc1CCC(=O)c1c(C)sc2ccccc12. The lowest BCUT2D eigenvalue weighted by Crippen LogP contribution is -2.03. The first-order valence-corrected chi connectivity index (χ1v) is 7.48. The second-order valence-electron chi connectivity index (χ2n) is 4.93. The summed E-state index contributed by atoms with van der Waals surface area (Å²) in [4.78, 5) is 20.9. The highest BCUT2D eigenvalue weighted by Crippen LogP contribution is 2.31. The molecule has 2 heterocycles. The molecule has 0 bridgehead atoms. The van der Waals surface area contributed by atoms with Gasteiger partial charge in [0.2, 0.25) is 0 Å². The average molecular weight is 284 g/mol. The van der Waals surface area contributed by atoms with Crippen molar-refractivity contribution in [3.8, 4) is 0 Å². The number of thiophene rings is 1. The van der Waals surface area contributed by atoms with Crippen LogP contribution in [0.15, 0.2) is 30.6 Å². The summed E-state index contributed by atoms with van der Waals surface area (Å²) in [7, 11) is 0. The second-order valence-corrected chi connectivity index (χ2v) is 6.18. The molecule has 0 radical (unpaired) electrons. The minimum Gasteiger partial charge on any atom is -0.348 e. The zero-order chi connectivity index (χ0) is 14.1. The van der Waals surface area contributed by atoms with Crippen molar-refractivity contribution in [3.05, 3.63) is 52.4 Å². The van der Waals surface area contributed by atoms with Crippen LogP contribution in [-0.4, -0.2) is 15.8 Å². The van der Waals surface area contributed by atoms with Gasteiger partial charge in [-0.2, -0.15) is 0 Å². The number of H-pyrrole nitrogens is 1. The fourth-order valence-corrected chi connectivity index (χ4v) is 3.59. The van der Waals surface area contributed by atoms with E-state index in [-0.39, 0.29) is 5.78 Å². The molecule has 0 fully saturated rings. The lowest BCUT2D eigenvalue weighted by Gasteiger charge is -2.01. The molecular weight excluding hydrogens is 268 g/mol. The highest BCUT2D eigenvalue weighted by Gasteiger charge is 2.16. The van der Waals surface area contributed by atoms with E-state index in [0.29, 0.717) is 12.8 Å². The number of fused-ring (bicyclic) bond motifs is 1. The van der Waals surface area contributed by atoms with Crippen LogP contribution in [0.25, 0.3) is 10.1 Å². The molecule has 1 N–H and O–H groups in total. The number of aromatic nitrogens is 2. The van der Waals surface area contributed by atoms with Crippen LogP contribution >= 0.6 is 11.3 Å². The van der Waals surface area contributed by atoms with Crippen molar-refractivity contribution in [1.29, 1.82) is 0 Å². The predicted octanol–water partition coefficient (Wildman–Crippen LogP) is 4.06. The number of aryl methyl sites for hydroxylation is 3. The number of carbonyl (C=O) groups excluding carboxylic acids is 1. The predicted molar refractivity (Wildman–Crippen MR) is 82.5 cm³/mol. The molecule has 0 aliphatic carbocycles. The number of nitrogens with zero attached hydrogens (tertiary/aromatic N) is 1. The first-order chi connectivity index (χ1) is 9.66. The van der Waals surface area contributed by atoms with E-state index in [2.05, 4.69) is 16.0 Å². The molecule has 0 amide bonds. The summed E-state index contributed by atoms with van der Waals surface area (Å²) in [6.07, 6.45) is 2.88. The molecule has 0 unspecified atom stereocenters. The minimum absolute atomic E-state index is 0.211. The fourth-order valence-electron chi connectivity index (χ4n) is 2.51. The van der Waals surface area contributed by atoms with Gasteiger partial charge in [0.05, 0.1) is 12.0 Å². The minimum atomic E-state index is 0.211. The molecule has 3 aromatic rings. The van der Waals surface area contributed by atoms with Crippen LogP contribution in [0.3, 0.4) is 0 Å². The highest BCUT2D eigenvalue weighted by atomic mass is 32.1. The smallest absolute Gasteiger partial charge is 0.164 e. The van der Waals surface area contributed by atoms with Gasteiger partial charge >= 0.3 is 0 Å². The lowest BCUT2D eigenvalue weighted by atomic mass is 10.0. The van der Waals surface area contributed by atoms with E-state index < -0.39 is 0 Å². The van der Waals surface area contributed by atoms with Crippen LogP contribution in [0.5, 0.6) is 0 Å². The first kappa shape index (κ1) is 13.1. The molecule has 0 saturated heterocycles. The van der Waals surface area contributed by atoms with Crippen molar-refractivity contribution < 1.29 is 4.79 Å². The molecule has 1 aromatic carbocycles. The third-order valence-electron chi connectivity index (χ3n) is 3.57. The van der Waals surface area contributed by atoms with E-state index in [1.165, 1.54) is 4.70 Å². The summed E-state index contributed by atoms with van der Waals surface area (Å²) >= 11 is 1.69. The Morgan fingerprint density at radius 1 is 1.30 bits per heavy atom. The Labute approximate surface area is 121 Å². The third kappa shape index (κ3) is 2.27. The van der Waals surface area contributed by atoms with Crippen molar-refractivity contribution in [2.75, 3.05) is 0 Å². The number of rotatable bonds is 4. The quantitative estimate of drug-likeness (QED) is 0.734. The van der Waals surface area contributed by atoms with E-state index in [4.69, 9.17) is 0 Å².